The third-order valence-corrected chi connectivity index (χ3v) is 5.50. The summed E-state index contributed by atoms with van der Waals surface area (Å²) in [6.45, 7) is 1.82. The van der Waals surface area contributed by atoms with Crippen LogP contribution in [0.5, 0.6) is 0 Å². The number of rotatable bonds is 6. The van der Waals surface area contributed by atoms with Crippen molar-refractivity contribution in [3.63, 3.8) is 0 Å². The molecular formula is C25H23FN4O2. The molecule has 2 aromatic carbocycles. The van der Waals surface area contributed by atoms with Gasteiger partial charge in [-0.1, -0.05) is 54.6 Å². The lowest BCUT2D eigenvalue weighted by molar-refractivity contribution is 0.508. The monoisotopic (exact) mass is 430 g/mol. The SMILES string of the molecule is Cc1c(-c2ccccc2F)c(=O)n(C[C@H](N)c2ccccc2)c(=O)n1Cc1cccnc1. The molecule has 162 valence electrons. The summed E-state index contributed by atoms with van der Waals surface area (Å²) in [5.41, 5.74) is 7.54. The van der Waals surface area contributed by atoms with E-state index in [-0.39, 0.29) is 24.2 Å². The zero-order valence-corrected chi connectivity index (χ0v) is 17.6. The van der Waals surface area contributed by atoms with Crippen molar-refractivity contribution in [1.82, 2.24) is 14.1 Å². The number of nitrogens with zero attached hydrogens (tertiary/aromatic N) is 3. The molecule has 0 aliphatic rings. The van der Waals surface area contributed by atoms with Crippen molar-refractivity contribution in [3.8, 4) is 11.1 Å². The molecular weight excluding hydrogens is 407 g/mol. The van der Waals surface area contributed by atoms with Crippen LogP contribution in [0.2, 0.25) is 0 Å². The zero-order valence-electron chi connectivity index (χ0n) is 17.6. The first-order chi connectivity index (χ1) is 15.5. The standard InChI is InChI=1S/C25H23FN4O2/c1-17-23(20-11-5-6-12-21(20)26)24(31)30(16-22(27)19-9-3-2-4-10-19)25(32)29(17)15-18-8-7-13-28-14-18/h2-14,22H,15-16,27H2,1H3/t22-/m0/s1. The number of hydrogen-bond acceptors (Lipinski definition) is 4. The maximum absolute atomic E-state index is 14.7. The summed E-state index contributed by atoms with van der Waals surface area (Å²) < 4.78 is 17.3. The first kappa shape index (κ1) is 21.4. The van der Waals surface area contributed by atoms with Crippen LogP contribution in [0.4, 0.5) is 4.39 Å². The van der Waals surface area contributed by atoms with E-state index in [2.05, 4.69) is 4.98 Å². The number of aromatic nitrogens is 3. The van der Waals surface area contributed by atoms with E-state index in [0.29, 0.717) is 5.69 Å². The van der Waals surface area contributed by atoms with Crippen LogP contribution in [0, 0.1) is 12.7 Å². The van der Waals surface area contributed by atoms with Crippen molar-refractivity contribution < 1.29 is 4.39 Å². The van der Waals surface area contributed by atoms with Gasteiger partial charge in [0, 0.05) is 29.7 Å². The van der Waals surface area contributed by atoms with Gasteiger partial charge in [0.1, 0.15) is 5.82 Å². The first-order valence-corrected chi connectivity index (χ1v) is 10.3. The van der Waals surface area contributed by atoms with Crippen molar-refractivity contribution >= 4 is 0 Å². The molecule has 0 unspecified atom stereocenters. The quantitative estimate of drug-likeness (QED) is 0.509. The van der Waals surface area contributed by atoms with Crippen molar-refractivity contribution in [2.45, 2.75) is 26.1 Å². The van der Waals surface area contributed by atoms with Gasteiger partial charge in [-0.3, -0.25) is 18.9 Å². The van der Waals surface area contributed by atoms with Gasteiger partial charge in [-0.2, -0.15) is 0 Å². The molecule has 0 fully saturated rings. The van der Waals surface area contributed by atoms with Gasteiger partial charge in [0.2, 0.25) is 0 Å². The Balaban J connectivity index is 1.91. The molecule has 7 heteroatoms. The fourth-order valence-corrected chi connectivity index (χ4v) is 3.80. The molecule has 0 amide bonds. The Morgan fingerprint density at radius 3 is 2.38 bits per heavy atom. The molecule has 6 nitrogen and oxygen atoms in total. The zero-order chi connectivity index (χ0) is 22.7. The molecule has 0 radical (unpaired) electrons. The van der Waals surface area contributed by atoms with E-state index in [9.17, 15) is 14.0 Å². The van der Waals surface area contributed by atoms with Crippen molar-refractivity contribution in [3.05, 3.63) is 123 Å². The maximum atomic E-state index is 14.7. The predicted octanol–water partition coefficient (Wildman–Crippen LogP) is 3.27. The van der Waals surface area contributed by atoms with Crippen LogP contribution in [0.3, 0.4) is 0 Å². The van der Waals surface area contributed by atoms with Crippen LogP contribution < -0.4 is 17.0 Å². The average molecular weight is 430 g/mol. The minimum Gasteiger partial charge on any atom is -0.322 e. The highest BCUT2D eigenvalue weighted by molar-refractivity contribution is 5.65. The molecule has 2 aromatic heterocycles. The smallest absolute Gasteiger partial charge is 0.322 e. The Morgan fingerprint density at radius 2 is 1.69 bits per heavy atom. The lowest BCUT2D eigenvalue weighted by Gasteiger charge is -2.20. The summed E-state index contributed by atoms with van der Waals surface area (Å²) in [5, 5.41) is 0. The fraction of sp³-hybridized carbons (Fsp3) is 0.160. The molecule has 2 heterocycles. The van der Waals surface area contributed by atoms with E-state index in [1.54, 1.807) is 43.6 Å². The molecule has 4 rings (SSSR count). The Hall–Kier alpha value is -3.84. The molecule has 0 saturated heterocycles. The third-order valence-electron chi connectivity index (χ3n) is 5.50. The minimum absolute atomic E-state index is 0.0313. The largest absolute Gasteiger partial charge is 0.331 e. The van der Waals surface area contributed by atoms with Crippen LogP contribution in [0.25, 0.3) is 11.1 Å². The van der Waals surface area contributed by atoms with E-state index < -0.39 is 23.1 Å². The van der Waals surface area contributed by atoms with E-state index in [0.717, 1.165) is 15.7 Å². The van der Waals surface area contributed by atoms with Crippen LogP contribution in [-0.2, 0) is 13.1 Å². The van der Waals surface area contributed by atoms with Gasteiger partial charge in [-0.15, -0.1) is 0 Å². The summed E-state index contributed by atoms with van der Waals surface area (Å²) in [4.78, 5) is 31.0. The number of pyridine rings is 1. The number of benzene rings is 2. The van der Waals surface area contributed by atoms with Crippen LogP contribution in [0.1, 0.15) is 22.9 Å². The van der Waals surface area contributed by atoms with E-state index >= 15 is 0 Å². The molecule has 32 heavy (non-hydrogen) atoms. The van der Waals surface area contributed by atoms with Crippen LogP contribution >= 0.6 is 0 Å². The van der Waals surface area contributed by atoms with Crippen LogP contribution in [-0.4, -0.2) is 14.1 Å². The van der Waals surface area contributed by atoms with Crippen LogP contribution in [0.15, 0.2) is 88.7 Å². The van der Waals surface area contributed by atoms with Gasteiger partial charge in [0.25, 0.3) is 5.56 Å². The highest BCUT2D eigenvalue weighted by Crippen LogP contribution is 2.22. The second-order valence-corrected chi connectivity index (χ2v) is 7.60. The van der Waals surface area contributed by atoms with E-state index in [4.69, 9.17) is 5.73 Å². The number of hydrogen-bond donors (Lipinski definition) is 1. The molecule has 0 bridgehead atoms. The van der Waals surface area contributed by atoms with Crippen molar-refractivity contribution in [2.24, 2.45) is 5.73 Å². The number of nitrogens with two attached hydrogens (primary N) is 1. The highest BCUT2D eigenvalue weighted by atomic mass is 19.1. The summed E-state index contributed by atoms with van der Waals surface area (Å²) in [7, 11) is 0. The Morgan fingerprint density at radius 1 is 0.969 bits per heavy atom. The molecule has 0 aliphatic heterocycles. The first-order valence-electron chi connectivity index (χ1n) is 10.3. The maximum Gasteiger partial charge on any atom is 0.331 e. The van der Waals surface area contributed by atoms with Crippen molar-refractivity contribution in [1.29, 1.82) is 0 Å². The van der Waals surface area contributed by atoms with Gasteiger partial charge >= 0.3 is 5.69 Å². The van der Waals surface area contributed by atoms with Gasteiger partial charge < -0.3 is 5.73 Å². The molecule has 0 aliphatic carbocycles. The van der Waals surface area contributed by atoms with Gasteiger partial charge in [-0.25, -0.2) is 9.18 Å². The third kappa shape index (κ3) is 4.15. The van der Waals surface area contributed by atoms with Gasteiger partial charge in [0.15, 0.2) is 0 Å². The lowest BCUT2D eigenvalue weighted by atomic mass is 10.0. The van der Waals surface area contributed by atoms with E-state index in [1.165, 1.54) is 10.6 Å². The normalized spacial score (nSPS) is 12.0. The molecule has 2 N–H and O–H groups in total. The number of halogens is 1. The van der Waals surface area contributed by atoms with Gasteiger partial charge in [-0.05, 0) is 30.2 Å². The summed E-state index contributed by atoms with van der Waals surface area (Å²) >= 11 is 0. The van der Waals surface area contributed by atoms with Crippen molar-refractivity contribution in [2.75, 3.05) is 0 Å². The molecule has 0 saturated carbocycles. The molecule has 4 aromatic rings. The van der Waals surface area contributed by atoms with Gasteiger partial charge in [0.05, 0.1) is 18.7 Å². The average Bonchev–Trinajstić information content (AvgIpc) is 2.82. The predicted molar refractivity (Wildman–Crippen MR) is 122 cm³/mol. The minimum atomic E-state index is -0.579. The summed E-state index contributed by atoms with van der Waals surface area (Å²) in [6.07, 6.45) is 3.30. The highest BCUT2D eigenvalue weighted by Gasteiger charge is 2.21. The summed E-state index contributed by atoms with van der Waals surface area (Å²) in [6, 6.07) is 18.3. The Kier molecular flexibility index (Phi) is 6.09. The summed E-state index contributed by atoms with van der Waals surface area (Å²) in [5.74, 6) is -0.529. The Bertz CT molecular complexity index is 1350. The topological polar surface area (TPSA) is 82.9 Å². The molecule has 0 spiro atoms. The second kappa shape index (κ2) is 9.11. The lowest BCUT2D eigenvalue weighted by Crippen LogP contribution is -2.44. The molecule has 1 atom stereocenters. The fourth-order valence-electron chi connectivity index (χ4n) is 3.80. The second-order valence-electron chi connectivity index (χ2n) is 7.60. The van der Waals surface area contributed by atoms with E-state index in [1.807, 2.05) is 36.4 Å². The Labute approximate surface area is 184 Å².